The summed E-state index contributed by atoms with van der Waals surface area (Å²) in [6, 6.07) is 0.412. The quantitative estimate of drug-likeness (QED) is 0.660. The zero-order valence-electron chi connectivity index (χ0n) is 13.8. The first-order chi connectivity index (χ1) is 12.2. The lowest BCUT2D eigenvalue weighted by atomic mass is 9.99. The Morgan fingerprint density at radius 1 is 1.20 bits per heavy atom. The van der Waals surface area contributed by atoms with Crippen LogP contribution in [-0.2, 0) is 7.05 Å². The van der Waals surface area contributed by atoms with Gasteiger partial charge < -0.3 is 14.2 Å². The third-order valence-corrected chi connectivity index (χ3v) is 4.75. The first kappa shape index (κ1) is 16.2. The first-order valence-electron chi connectivity index (χ1n) is 8.18. The Bertz CT molecular complexity index is 867. The van der Waals surface area contributed by atoms with Crippen molar-refractivity contribution in [2.45, 2.75) is 12.8 Å². The second-order valence-electron chi connectivity index (χ2n) is 6.17. The predicted molar refractivity (Wildman–Crippen MR) is 96.5 cm³/mol. The molecule has 1 unspecified atom stereocenters. The van der Waals surface area contributed by atoms with Crippen LogP contribution in [0, 0.1) is 5.92 Å². The topological polar surface area (TPSA) is 81.9 Å². The highest BCUT2D eigenvalue weighted by atomic mass is 79.9. The van der Waals surface area contributed by atoms with Gasteiger partial charge in [0.15, 0.2) is 17.0 Å². The van der Waals surface area contributed by atoms with Crippen LogP contribution in [0.4, 0.5) is 5.82 Å². The molecule has 0 spiro atoms. The molecule has 0 aromatic carbocycles. The first-order valence-corrected chi connectivity index (χ1v) is 8.97. The van der Waals surface area contributed by atoms with E-state index in [0.717, 1.165) is 47.4 Å². The van der Waals surface area contributed by atoms with Crippen molar-refractivity contribution < 1.29 is 4.74 Å². The van der Waals surface area contributed by atoms with E-state index in [0.29, 0.717) is 18.5 Å². The molecular weight excluding hydrogens is 386 g/mol. The Balaban J connectivity index is 1.46. The van der Waals surface area contributed by atoms with Crippen LogP contribution >= 0.6 is 15.9 Å². The van der Waals surface area contributed by atoms with Gasteiger partial charge in [-0.25, -0.2) is 24.9 Å². The fraction of sp³-hybridized carbons (Fsp3) is 0.438. The molecule has 9 heteroatoms. The van der Waals surface area contributed by atoms with E-state index in [1.807, 2.05) is 11.6 Å². The number of anilines is 1. The normalized spacial score (nSPS) is 17.8. The van der Waals surface area contributed by atoms with E-state index in [2.05, 4.69) is 45.7 Å². The maximum Gasteiger partial charge on any atom is 0.316 e. The highest BCUT2D eigenvalue weighted by molar-refractivity contribution is 9.10. The monoisotopic (exact) mass is 403 g/mol. The van der Waals surface area contributed by atoms with Crippen molar-refractivity contribution in [2.24, 2.45) is 13.0 Å². The van der Waals surface area contributed by atoms with Crippen molar-refractivity contribution in [3.05, 3.63) is 29.5 Å². The summed E-state index contributed by atoms with van der Waals surface area (Å²) in [5.41, 5.74) is 1.70. The van der Waals surface area contributed by atoms with Gasteiger partial charge in [-0.1, -0.05) is 0 Å². The van der Waals surface area contributed by atoms with Gasteiger partial charge in [0.1, 0.15) is 6.33 Å². The van der Waals surface area contributed by atoms with Crippen LogP contribution in [0.15, 0.2) is 29.5 Å². The van der Waals surface area contributed by atoms with Gasteiger partial charge in [-0.3, -0.25) is 0 Å². The highest BCUT2D eigenvalue weighted by Gasteiger charge is 2.24. The molecule has 0 saturated carbocycles. The molecule has 0 N–H and O–H groups in total. The number of nitrogens with zero attached hydrogens (tertiary/aromatic N) is 7. The summed E-state index contributed by atoms with van der Waals surface area (Å²) in [4.78, 5) is 23.8. The number of imidazole rings is 1. The fourth-order valence-electron chi connectivity index (χ4n) is 3.13. The van der Waals surface area contributed by atoms with Crippen molar-refractivity contribution in [2.75, 3.05) is 24.6 Å². The highest BCUT2D eigenvalue weighted by Crippen LogP contribution is 2.26. The number of ether oxygens (including phenoxy) is 1. The summed E-state index contributed by atoms with van der Waals surface area (Å²) in [7, 11) is 1.94. The summed E-state index contributed by atoms with van der Waals surface area (Å²) in [6.07, 6.45) is 8.97. The van der Waals surface area contributed by atoms with E-state index in [1.54, 1.807) is 25.0 Å². The maximum atomic E-state index is 5.75. The smallest absolute Gasteiger partial charge is 0.316 e. The minimum Gasteiger partial charge on any atom is -0.463 e. The molecule has 8 nitrogen and oxygen atoms in total. The average Bonchev–Trinajstić information content (AvgIpc) is 3.03. The minimum absolute atomic E-state index is 0.398. The maximum absolute atomic E-state index is 5.75. The Hall–Kier alpha value is -2.29. The van der Waals surface area contributed by atoms with Crippen molar-refractivity contribution in [3.8, 4) is 6.01 Å². The average molecular weight is 404 g/mol. The van der Waals surface area contributed by atoms with Crippen LogP contribution in [0.25, 0.3) is 11.2 Å². The van der Waals surface area contributed by atoms with E-state index >= 15 is 0 Å². The molecule has 0 bridgehead atoms. The number of halogens is 1. The van der Waals surface area contributed by atoms with Crippen LogP contribution in [0.2, 0.25) is 0 Å². The van der Waals surface area contributed by atoms with Crippen molar-refractivity contribution in [3.63, 3.8) is 0 Å². The molecule has 130 valence electrons. The molecule has 0 aliphatic carbocycles. The van der Waals surface area contributed by atoms with Crippen LogP contribution in [0.5, 0.6) is 6.01 Å². The van der Waals surface area contributed by atoms with Crippen molar-refractivity contribution in [1.82, 2.24) is 29.5 Å². The lowest BCUT2D eigenvalue weighted by Crippen LogP contribution is -2.38. The van der Waals surface area contributed by atoms with Gasteiger partial charge >= 0.3 is 6.01 Å². The largest absolute Gasteiger partial charge is 0.463 e. The van der Waals surface area contributed by atoms with Gasteiger partial charge in [-0.05, 0) is 28.8 Å². The molecule has 1 atom stereocenters. The van der Waals surface area contributed by atoms with Crippen molar-refractivity contribution in [1.29, 1.82) is 0 Å². The summed E-state index contributed by atoms with van der Waals surface area (Å²) in [5, 5.41) is 0. The lowest BCUT2D eigenvalue weighted by Gasteiger charge is -2.33. The Kier molecular flexibility index (Phi) is 4.48. The number of aromatic nitrogens is 6. The van der Waals surface area contributed by atoms with E-state index in [4.69, 9.17) is 4.74 Å². The van der Waals surface area contributed by atoms with Gasteiger partial charge in [0.05, 0.1) is 17.4 Å². The second kappa shape index (κ2) is 6.91. The summed E-state index contributed by atoms with van der Waals surface area (Å²) in [6.45, 7) is 2.43. The molecule has 3 aromatic heterocycles. The van der Waals surface area contributed by atoms with E-state index in [-0.39, 0.29) is 0 Å². The number of hydrogen-bond donors (Lipinski definition) is 0. The van der Waals surface area contributed by atoms with Gasteiger partial charge in [0.2, 0.25) is 0 Å². The molecule has 0 amide bonds. The van der Waals surface area contributed by atoms with Crippen LogP contribution < -0.4 is 9.64 Å². The van der Waals surface area contributed by atoms with Gasteiger partial charge in [-0.2, -0.15) is 0 Å². The number of aryl methyl sites for hydroxylation is 1. The van der Waals surface area contributed by atoms with E-state index in [1.165, 1.54) is 0 Å². The van der Waals surface area contributed by atoms with E-state index < -0.39 is 0 Å². The Morgan fingerprint density at radius 3 is 2.88 bits per heavy atom. The molecule has 1 saturated heterocycles. The van der Waals surface area contributed by atoms with Gasteiger partial charge in [-0.15, -0.1) is 0 Å². The minimum atomic E-state index is 0.398. The molecule has 4 rings (SSSR count). The summed E-state index contributed by atoms with van der Waals surface area (Å²) in [5.74, 6) is 1.30. The molecule has 25 heavy (non-hydrogen) atoms. The van der Waals surface area contributed by atoms with Crippen LogP contribution in [0.3, 0.4) is 0 Å². The third-order valence-electron chi connectivity index (χ3n) is 4.34. The van der Waals surface area contributed by atoms with Gasteiger partial charge in [0, 0.05) is 38.4 Å². The number of fused-ring (bicyclic) bond motifs is 1. The molecule has 1 aliphatic heterocycles. The molecule has 1 fully saturated rings. The molecule has 3 aromatic rings. The second-order valence-corrected chi connectivity index (χ2v) is 7.09. The summed E-state index contributed by atoms with van der Waals surface area (Å²) >= 11 is 3.32. The predicted octanol–water partition coefficient (Wildman–Crippen LogP) is 2.21. The number of rotatable bonds is 4. The van der Waals surface area contributed by atoms with Crippen LogP contribution in [-0.4, -0.2) is 49.2 Å². The van der Waals surface area contributed by atoms with Crippen LogP contribution in [0.1, 0.15) is 12.8 Å². The van der Waals surface area contributed by atoms with Crippen molar-refractivity contribution >= 4 is 32.9 Å². The Morgan fingerprint density at radius 2 is 2.04 bits per heavy atom. The molecule has 1 aliphatic rings. The zero-order chi connectivity index (χ0) is 17.2. The molecule has 4 heterocycles. The third kappa shape index (κ3) is 3.41. The summed E-state index contributed by atoms with van der Waals surface area (Å²) < 4.78 is 8.51. The molecular formula is C16H18BrN7O. The SMILES string of the molecule is Cn1cnc2c(N3CCCC(COc4ncc(Br)cn4)C3)ncnc21. The molecule has 0 radical (unpaired) electrons. The lowest BCUT2D eigenvalue weighted by molar-refractivity contribution is 0.214. The van der Waals surface area contributed by atoms with Gasteiger partial charge in [0.25, 0.3) is 0 Å². The zero-order valence-corrected chi connectivity index (χ0v) is 15.4. The van der Waals surface area contributed by atoms with E-state index in [9.17, 15) is 0 Å². The number of piperidine rings is 1. The number of hydrogen-bond acceptors (Lipinski definition) is 7. The fourth-order valence-corrected chi connectivity index (χ4v) is 3.33. The standard InChI is InChI=1S/C16H18BrN7O/c1-23-10-22-13-14(23)20-9-21-15(13)24-4-2-3-11(7-24)8-25-16-18-5-12(17)6-19-16/h5-6,9-11H,2-4,7-8H2,1H3. The Labute approximate surface area is 153 Å².